The summed E-state index contributed by atoms with van der Waals surface area (Å²) >= 11 is 3.51. The summed E-state index contributed by atoms with van der Waals surface area (Å²) < 4.78 is 39.8. The highest BCUT2D eigenvalue weighted by Gasteiger charge is 2.28. The number of likely N-dealkylation sites (N-methyl/N-ethyl adjacent to an activating group) is 1. The molecule has 0 spiro atoms. The number of nitrogens with zero attached hydrogens (tertiary/aromatic N) is 1. The lowest BCUT2D eigenvalue weighted by molar-refractivity contribution is -0.174. The second-order valence-electron chi connectivity index (χ2n) is 4.36. The second kappa shape index (κ2) is 6.21. The second-order valence-corrected chi connectivity index (χ2v) is 5.66. The van der Waals surface area contributed by atoms with Gasteiger partial charge in [0, 0.05) is 17.9 Å². The Bertz CT molecular complexity index is 207. The average Bonchev–Trinajstić information content (AvgIpc) is 2.08. The van der Waals surface area contributed by atoms with Crippen LogP contribution in [0.15, 0.2) is 0 Å². The summed E-state index contributed by atoms with van der Waals surface area (Å²) in [7, 11) is 1.92. The van der Waals surface area contributed by atoms with Crippen molar-refractivity contribution in [1.82, 2.24) is 4.90 Å². The number of hydrogen-bond acceptors (Lipinski definition) is 2. The van der Waals surface area contributed by atoms with Crippen molar-refractivity contribution >= 4 is 15.9 Å². The molecule has 0 atom stereocenters. The lowest BCUT2D eigenvalue weighted by atomic mass is 9.85. The van der Waals surface area contributed by atoms with Gasteiger partial charge in [-0.05, 0) is 25.8 Å². The molecule has 1 rings (SSSR count). The van der Waals surface area contributed by atoms with Crippen LogP contribution in [-0.4, -0.2) is 49.3 Å². The van der Waals surface area contributed by atoms with E-state index >= 15 is 0 Å². The molecule has 96 valence electrons. The highest BCUT2D eigenvalue weighted by molar-refractivity contribution is 9.09. The number of rotatable bonds is 6. The fraction of sp³-hybridized carbons (Fsp3) is 1.00. The van der Waals surface area contributed by atoms with Crippen molar-refractivity contribution in [2.75, 3.05) is 33.4 Å². The Kier molecular flexibility index (Phi) is 5.53. The Labute approximate surface area is 102 Å². The molecule has 0 radical (unpaired) electrons. The average molecular weight is 304 g/mol. The van der Waals surface area contributed by atoms with E-state index < -0.39 is 12.8 Å². The highest BCUT2D eigenvalue weighted by Crippen LogP contribution is 2.33. The summed E-state index contributed by atoms with van der Waals surface area (Å²) in [4.78, 5) is 2.66. The molecule has 0 unspecified atom stereocenters. The van der Waals surface area contributed by atoms with E-state index in [1.54, 1.807) is 0 Å². The number of hydrogen-bond donors (Lipinski definition) is 0. The Balaban J connectivity index is 1.96. The van der Waals surface area contributed by atoms with Gasteiger partial charge < -0.3 is 9.64 Å². The van der Waals surface area contributed by atoms with Gasteiger partial charge in [-0.1, -0.05) is 15.9 Å². The van der Waals surface area contributed by atoms with Gasteiger partial charge in [0.15, 0.2) is 0 Å². The van der Waals surface area contributed by atoms with Crippen LogP contribution in [0.1, 0.15) is 12.8 Å². The minimum Gasteiger partial charge on any atom is -0.371 e. The maximum atomic E-state index is 11.8. The number of ether oxygens (including phenoxy) is 1. The lowest BCUT2D eigenvalue weighted by Gasteiger charge is -2.34. The summed E-state index contributed by atoms with van der Waals surface area (Å²) in [6.07, 6.45) is -1.89. The molecule has 1 fully saturated rings. The van der Waals surface area contributed by atoms with Crippen molar-refractivity contribution in [2.24, 2.45) is 5.92 Å². The van der Waals surface area contributed by atoms with E-state index in [2.05, 4.69) is 20.7 Å². The normalized spacial score (nSPS) is 25.9. The van der Waals surface area contributed by atoms with Crippen LogP contribution in [0.4, 0.5) is 13.2 Å². The summed E-state index contributed by atoms with van der Waals surface area (Å²) in [5.41, 5.74) is 0. The summed E-state index contributed by atoms with van der Waals surface area (Å²) in [6, 6.07) is 0. The van der Waals surface area contributed by atoms with Gasteiger partial charge in [0.2, 0.25) is 0 Å². The molecule has 1 saturated carbocycles. The van der Waals surface area contributed by atoms with Crippen molar-refractivity contribution in [1.29, 1.82) is 0 Å². The van der Waals surface area contributed by atoms with Gasteiger partial charge in [-0.3, -0.25) is 0 Å². The number of alkyl halides is 4. The van der Waals surface area contributed by atoms with E-state index in [0.717, 1.165) is 19.4 Å². The first-order valence-electron chi connectivity index (χ1n) is 5.34. The van der Waals surface area contributed by atoms with E-state index in [1.165, 1.54) is 0 Å². The largest absolute Gasteiger partial charge is 0.411 e. The molecule has 0 bridgehead atoms. The fourth-order valence-corrected chi connectivity index (χ4v) is 2.80. The summed E-state index contributed by atoms with van der Waals surface area (Å²) in [6.45, 7) is 0.491. The maximum absolute atomic E-state index is 11.8. The molecule has 0 aromatic heterocycles. The van der Waals surface area contributed by atoms with E-state index in [1.807, 2.05) is 11.9 Å². The van der Waals surface area contributed by atoms with Crippen molar-refractivity contribution in [3.8, 4) is 0 Å². The molecule has 0 aliphatic heterocycles. The zero-order chi connectivity index (χ0) is 12.2. The van der Waals surface area contributed by atoms with Gasteiger partial charge in [0.1, 0.15) is 6.61 Å². The van der Waals surface area contributed by atoms with Crippen LogP contribution in [-0.2, 0) is 4.74 Å². The van der Waals surface area contributed by atoms with Gasteiger partial charge in [-0.25, -0.2) is 0 Å². The monoisotopic (exact) mass is 303 g/mol. The molecule has 0 amide bonds. The van der Waals surface area contributed by atoms with Gasteiger partial charge in [-0.2, -0.15) is 13.2 Å². The molecule has 1 aliphatic rings. The van der Waals surface area contributed by atoms with Gasteiger partial charge in [0.25, 0.3) is 0 Å². The Morgan fingerprint density at radius 1 is 1.38 bits per heavy atom. The van der Waals surface area contributed by atoms with Crippen molar-refractivity contribution in [3.63, 3.8) is 0 Å². The molecule has 0 N–H and O–H groups in total. The molecule has 0 aromatic rings. The van der Waals surface area contributed by atoms with Crippen molar-refractivity contribution in [2.45, 2.75) is 23.8 Å². The van der Waals surface area contributed by atoms with Crippen molar-refractivity contribution in [3.05, 3.63) is 0 Å². The van der Waals surface area contributed by atoms with E-state index in [-0.39, 0.29) is 6.61 Å². The molecular weight excluding hydrogens is 287 g/mol. The first kappa shape index (κ1) is 14.3. The first-order valence-corrected chi connectivity index (χ1v) is 6.25. The quantitative estimate of drug-likeness (QED) is 0.552. The molecule has 16 heavy (non-hydrogen) atoms. The maximum Gasteiger partial charge on any atom is 0.411 e. The van der Waals surface area contributed by atoms with E-state index in [0.29, 0.717) is 17.3 Å². The predicted molar refractivity (Wildman–Crippen MR) is 59.8 cm³/mol. The van der Waals surface area contributed by atoms with E-state index in [4.69, 9.17) is 0 Å². The van der Waals surface area contributed by atoms with Crippen LogP contribution >= 0.6 is 15.9 Å². The van der Waals surface area contributed by atoms with Gasteiger partial charge >= 0.3 is 6.18 Å². The van der Waals surface area contributed by atoms with Crippen LogP contribution in [0, 0.1) is 5.92 Å². The third kappa shape index (κ3) is 6.06. The van der Waals surface area contributed by atoms with Gasteiger partial charge in [0.05, 0.1) is 6.61 Å². The molecule has 1 aliphatic carbocycles. The fourth-order valence-electron chi connectivity index (χ4n) is 1.74. The zero-order valence-electron chi connectivity index (χ0n) is 9.26. The molecular formula is C10H17BrF3NO. The van der Waals surface area contributed by atoms with Crippen molar-refractivity contribution < 1.29 is 17.9 Å². The third-order valence-electron chi connectivity index (χ3n) is 2.63. The van der Waals surface area contributed by atoms with Crippen LogP contribution in [0.5, 0.6) is 0 Å². The molecule has 0 heterocycles. The minimum absolute atomic E-state index is 0.139. The Hall–Kier alpha value is 0.190. The van der Waals surface area contributed by atoms with Crippen LogP contribution < -0.4 is 0 Å². The standard InChI is InChI=1S/C10H17BrF3NO/c1-15(6-8-4-9(11)5-8)2-3-16-7-10(12,13)14/h8-9H,2-7H2,1H3. The zero-order valence-corrected chi connectivity index (χ0v) is 10.9. The van der Waals surface area contributed by atoms with E-state index in [9.17, 15) is 13.2 Å². The number of halogens is 4. The molecule has 0 saturated heterocycles. The van der Waals surface area contributed by atoms with Crippen LogP contribution in [0.25, 0.3) is 0 Å². The smallest absolute Gasteiger partial charge is 0.371 e. The third-order valence-corrected chi connectivity index (χ3v) is 3.38. The van der Waals surface area contributed by atoms with Crippen LogP contribution in [0.2, 0.25) is 0 Å². The highest BCUT2D eigenvalue weighted by atomic mass is 79.9. The summed E-state index contributed by atoms with van der Waals surface area (Å²) in [5.74, 6) is 0.678. The lowest BCUT2D eigenvalue weighted by Crippen LogP contribution is -2.36. The predicted octanol–water partition coefficient (Wildman–Crippen LogP) is 2.67. The molecule has 0 aromatic carbocycles. The topological polar surface area (TPSA) is 12.5 Å². The minimum atomic E-state index is -4.21. The van der Waals surface area contributed by atoms with Crippen LogP contribution in [0.3, 0.4) is 0 Å². The Morgan fingerprint density at radius 2 is 2.00 bits per heavy atom. The molecule has 2 nitrogen and oxygen atoms in total. The van der Waals surface area contributed by atoms with Gasteiger partial charge in [-0.15, -0.1) is 0 Å². The Morgan fingerprint density at radius 3 is 2.50 bits per heavy atom. The first-order chi connectivity index (χ1) is 7.37. The molecule has 6 heteroatoms. The SMILES string of the molecule is CN(CCOCC(F)(F)F)CC1CC(Br)C1. The summed E-state index contributed by atoms with van der Waals surface area (Å²) in [5, 5.41) is 0.